The van der Waals surface area contributed by atoms with E-state index in [0.717, 1.165) is 36.0 Å². The summed E-state index contributed by atoms with van der Waals surface area (Å²) in [5.41, 5.74) is 1.27. The molecule has 2 aromatic rings. The first-order valence-electron chi connectivity index (χ1n) is 8.70. The average Bonchev–Trinajstić information content (AvgIpc) is 3.25. The summed E-state index contributed by atoms with van der Waals surface area (Å²) in [4.78, 5) is 37.5. The number of benzene rings is 1. The van der Waals surface area contributed by atoms with Crippen LogP contribution in [0, 0.1) is 0 Å². The lowest BCUT2D eigenvalue weighted by Gasteiger charge is -2.08. The lowest BCUT2D eigenvalue weighted by molar-refractivity contribution is -0.119. The number of carbonyl (C=O) groups is 3. The van der Waals surface area contributed by atoms with E-state index in [1.165, 1.54) is 42.7 Å². The number of anilines is 1. The van der Waals surface area contributed by atoms with Gasteiger partial charge < -0.3 is 14.8 Å². The molecule has 1 N–H and O–H groups in total. The van der Waals surface area contributed by atoms with E-state index in [1.807, 2.05) is 0 Å². The quantitative estimate of drug-likeness (QED) is 0.689. The highest BCUT2D eigenvalue weighted by Gasteiger charge is 2.28. The molecule has 0 spiro atoms. The van der Waals surface area contributed by atoms with E-state index in [4.69, 9.17) is 9.47 Å². The number of methoxy groups -OCH3 is 1. The number of nitrogens with one attached hydrogen (secondary N) is 1. The lowest BCUT2D eigenvalue weighted by Crippen LogP contribution is -2.22. The molecule has 1 aromatic carbocycles. The smallest absolute Gasteiger partial charge is 0.341 e. The Morgan fingerprint density at radius 2 is 1.93 bits per heavy atom. The Hall–Kier alpha value is -2.72. The van der Waals surface area contributed by atoms with Crippen LogP contribution in [0.4, 0.5) is 5.00 Å². The number of amides is 1. The highest BCUT2D eigenvalue weighted by atomic mass is 32.2. The van der Waals surface area contributed by atoms with E-state index >= 15 is 0 Å². The van der Waals surface area contributed by atoms with Crippen molar-refractivity contribution >= 4 is 44.0 Å². The number of ether oxygens (including phenoxy) is 2. The topological polar surface area (TPSA) is 116 Å². The van der Waals surface area contributed by atoms with Gasteiger partial charge in [-0.15, -0.1) is 11.3 Å². The molecule has 0 aliphatic heterocycles. The summed E-state index contributed by atoms with van der Waals surface area (Å²) in [6.45, 7) is -0.578. The highest BCUT2D eigenvalue weighted by Crippen LogP contribution is 2.39. The second-order valence-corrected chi connectivity index (χ2v) is 9.60. The van der Waals surface area contributed by atoms with Gasteiger partial charge in [-0.3, -0.25) is 4.79 Å². The van der Waals surface area contributed by atoms with E-state index in [0.29, 0.717) is 10.6 Å². The third kappa shape index (κ3) is 4.65. The molecule has 3 rings (SSSR count). The van der Waals surface area contributed by atoms with Crippen molar-refractivity contribution in [3.63, 3.8) is 0 Å². The van der Waals surface area contributed by atoms with Crippen molar-refractivity contribution in [2.45, 2.75) is 24.2 Å². The number of fused-ring (bicyclic) bond motifs is 1. The van der Waals surface area contributed by atoms with Crippen LogP contribution in [-0.4, -0.2) is 46.2 Å². The Labute approximate surface area is 171 Å². The Bertz CT molecular complexity index is 1090. The van der Waals surface area contributed by atoms with E-state index in [9.17, 15) is 22.8 Å². The van der Waals surface area contributed by atoms with Crippen molar-refractivity contribution < 1.29 is 32.3 Å². The third-order valence-electron chi connectivity index (χ3n) is 4.40. The Balaban J connectivity index is 1.67. The van der Waals surface area contributed by atoms with Gasteiger partial charge in [0, 0.05) is 11.1 Å². The molecule has 1 aliphatic rings. The van der Waals surface area contributed by atoms with E-state index in [1.54, 1.807) is 0 Å². The lowest BCUT2D eigenvalue weighted by atomic mass is 10.1. The van der Waals surface area contributed by atoms with Crippen LogP contribution in [0.25, 0.3) is 0 Å². The van der Waals surface area contributed by atoms with Crippen LogP contribution in [-0.2, 0) is 36.9 Å². The van der Waals surface area contributed by atoms with Crippen molar-refractivity contribution in [3.8, 4) is 0 Å². The van der Waals surface area contributed by atoms with Crippen molar-refractivity contribution in [2.24, 2.45) is 0 Å². The highest BCUT2D eigenvalue weighted by molar-refractivity contribution is 7.90. The van der Waals surface area contributed by atoms with Gasteiger partial charge >= 0.3 is 11.9 Å². The average molecular weight is 437 g/mol. The first-order chi connectivity index (χ1) is 13.7. The zero-order valence-electron chi connectivity index (χ0n) is 15.8. The maximum Gasteiger partial charge on any atom is 0.341 e. The van der Waals surface area contributed by atoms with Crippen LogP contribution < -0.4 is 5.32 Å². The van der Waals surface area contributed by atoms with Crippen LogP contribution >= 0.6 is 11.3 Å². The minimum absolute atomic E-state index is 0.0195. The number of esters is 2. The zero-order valence-corrected chi connectivity index (χ0v) is 17.4. The molecule has 8 nitrogen and oxygen atoms in total. The summed E-state index contributed by atoms with van der Waals surface area (Å²) in [6, 6.07) is 5.37. The maximum atomic E-state index is 12.2. The summed E-state index contributed by atoms with van der Waals surface area (Å²) < 4.78 is 33.0. The second kappa shape index (κ2) is 8.34. The molecular formula is C19H19NO7S2. The van der Waals surface area contributed by atoms with Gasteiger partial charge in [-0.1, -0.05) is 6.07 Å². The van der Waals surface area contributed by atoms with Crippen molar-refractivity contribution in [1.82, 2.24) is 0 Å². The number of thiophene rings is 1. The fourth-order valence-corrected chi connectivity index (χ4v) is 5.00. The number of sulfone groups is 1. The fraction of sp³-hybridized carbons (Fsp3) is 0.316. The number of aryl methyl sites for hydroxylation is 1. The molecule has 0 unspecified atom stereocenters. The second-order valence-electron chi connectivity index (χ2n) is 6.48. The van der Waals surface area contributed by atoms with Gasteiger partial charge in [-0.05, 0) is 43.0 Å². The SMILES string of the molecule is COC(=O)c1c(NC(=O)COC(=O)c2cccc(S(C)(=O)=O)c2)sc2c1CCC2. The van der Waals surface area contributed by atoms with Gasteiger partial charge in [0.2, 0.25) is 0 Å². The summed E-state index contributed by atoms with van der Waals surface area (Å²) in [5.74, 6) is -1.95. The van der Waals surface area contributed by atoms with Crippen molar-refractivity contribution in [3.05, 3.63) is 45.8 Å². The van der Waals surface area contributed by atoms with Crippen LogP contribution in [0.15, 0.2) is 29.2 Å². The monoisotopic (exact) mass is 437 g/mol. The molecule has 29 heavy (non-hydrogen) atoms. The van der Waals surface area contributed by atoms with Crippen LogP contribution in [0.2, 0.25) is 0 Å². The van der Waals surface area contributed by atoms with E-state index in [2.05, 4.69) is 5.32 Å². The van der Waals surface area contributed by atoms with Crippen molar-refractivity contribution in [1.29, 1.82) is 0 Å². The molecule has 0 atom stereocenters. The van der Waals surface area contributed by atoms with Crippen LogP contribution in [0.1, 0.15) is 37.6 Å². The molecule has 1 heterocycles. The van der Waals surface area contributed by atoms with Gasteiger partial charge in [0.15, 0.2) is 16.4 Å². The van der Waals surface area contributed by atoms with Gasteiger partial charge in [0.1, 0.15) is 5.00 Å². The normalized spacial score (nSPS) is 12.9. The summed E-state index contributed by atoms with van der Waals surface area (Å²) in [6.07, 6.45) is 3.56. The number of rotatable bonds is 6. The predicted octanol–water partition coefficient (Wildman–Crippen LogP) is 2.22. The van der Waals surface area contributed by atoms with E-state index in [-0.39, 0.29) is 10.5 Å². The maximum absolute atomic E-state index is 12.2. The first-order valence-corrected chi connectivity index (χ1v) is 11.4. The third-order valence-corrected chi connectivity index (χ3v) is 6.71. The number of carbonyl (C=O) groups excluding carboxylic acids is 3. The van der Waals surface area contributed by atoms with E-state index < -0.39 is 34.3 Å². The molecule has 1 aromatic heterocycles. The molecule has 0 saturated carbocycles. The molecule has 1 amide bonds. The van der Waals surface area contributed by atoms with Crippen LogP contribution in [0.3, 0.4) is 0 Å². The molecule has 154 valence electrons. The largest absolute Gasteiger partial charge is 0.465 e. The minimum atomic E-state index is -3.47. The van der Waals surface area contributed by atoms with Crippen LogP contribution in [0.5, 0.6) is 0 Å². The van der Waals surface area contributed by atoms with Gasteiger partial charge in [-0.25, -0.2) is 18.0 Å². The predicted molar refractivity (Wildman–Crippen MR) is 106 cm³/mol. The minimum Gasteiger partial charge on any atom is -0.465 e. The fourth-order valence-electron chi connectivity index (χ4n) is 3.04. The summed E-state index contributed by atoms with van der Waals surface area (Å²) >= 11 is 1.32. The Morgan fingerprint density at radius 1 is 1.17 bits per heavy atom. The summed E-state index contributed by atoms with van der Waals surface area (Å²) in [5, 5.41) is 2.98. The first kappa shape index (κ1) is 21.0. The van der Waals surface area contributed by atoms with Gasteiger partial charge in [0.05, 0.1) is 23.1 Å². The van der Waals surface area contributed by atoms with Gasteiger partial charge in [-0.2, -0.15) is 0 Å². The summed E-state index contributed by atoms with van der Waals surface area (Å²) in [7, 11) is -2.20. The Morgan fingerprint density at radius 3 is 2.62 bits per heavy atom. The molecule has 1 aliphatic carbocycles. The number of hydrogen-bond donors (Lipinski definition) is 1. The molecular weight excluding hydrogens is 418 g/mol. The standard InChI is InChI=1S/C19H19NO7S2/c1-26-19(23)16-13-7-4-8-14(13)28-17(16)20-15(21)10-27-18(22)11-5-3-6-12(9-11)29(2,24)25/h3,5-6,9H,4,7-8,10H2,1-2H3,(H,20,21). The van der Waals surface area contributed by atoms with Gasteiger partial charge in [0.25, 0.3) is 5.91 Å². The van der Waals surface area contributed by atoms with Crippen molar-refractivity contribution in [2.75, 3.05) is 25.3 Å². The Kier molecular flexibility index (Phi) is 6.04. The molecule has 10 heteroatoms. The molecule has 0 radical (unpaired) electrons. The number of hydrogen-bond acceptors (Lipinski definition) is 8. The molecule has 0 saturated heterocycles. The molecule has 0 bridgehead atoms. The zero-order chi connectivity index (χ0) is 21.2. The molecule has 0 fully saturated rings.